The number of rotatable bonds is 6. The molecular formula is C15H22N2OS. The molecule has 2 rings (SSSR count). The number of anilines is 1. The summed E-state index contributed by atoms with van der Waals surface area (Å²) in [5.41, 5.74) is 0.877. The number of carbonyl (C=O) groups excluding carboxylic acids is 1. The highest BCUT2D eigenvalue weighted by molar-refractivity contribution is 7.99. The van der Waals surface area contributed by atoms with Gasteiger partial charge in [0.25, 0.3) is 0 Å². The van der Waals surface area contributed by atoms with Crippen LogP contribution < -0.4 is 10.6 Å². The van der Waals surface area contributed by atoms with E-state index in [1.54, 1.807) is 11.8 Å². The summed E-state index contributed by atoms with van der Waals surface area (Å²) >= 11 is 1.72. The van der Waals surface area contributed by atoms with Gasteiger partial charge in [-0.2, -0.15) is 11.8 Å². The SMILES string of the molecule is O=C(CSCCC1CCCCN1)Nc1ccccc1. The molecule has 0 spiro atoms. The number of hydrogen-bond donors (Lipinski definition) is 2. The van der Waals surface area contributed by atoms with E-state index in [0.717, 1.165) is 18.0 Å². The van der Waals surface area contributed by atoms with Gasteiger partial charge in [-0.15, -0.1) is 0 Å². The Morgan fingerprint density at radius 2 is 2.16 bits per heavy atom. The molecule has 1 aliphatic heterocycles. The van der Waals surface area contributed by atoms with Gasteiger partial charge >= 0.3 is 0 Å². The lowest BCUT2D eigenvalue weighted by Crippen LogP contribution is -2.34. The highest BCUT2D eigenvalue weighted by Gasteiger charge is 2.12. The molecule has 0 saturated carbocycles. The fraction of sp³-hybridized carbons (Fsp3) is 0.533. The first-order valence-corrected chi connectivity index (χ1v) is 8.16. The lowest BCUT2D eigenvalue weighted by Gasteiger charge is -2.23. The van der Waals surface area contributed by atoms with Crippen molar-refractivity contribution in [3.8, 4) is 0 Å². The number of hydrogen-bond acceptors (Lipinski definition) is 3. The summed E-state index contributed by atoms with van der Waals surface area (Å²) in [6.07, 6.45) is 5.11. The summed E-state index contributed by atoms with van der Waals surface area (Å²) in [6.45, 7) is 1.16. The van der Waals surface area contributed by atoms with Crippen molar-refractivity contribution in [2.45, 2.75) is 31.7 Å². The topological polar surface area (TPSA) is 41.1 Å². The van der Waals surface area contributed by atoms with Crippen LogP contribution in [0.3, 0.4) is 0 Å². The Balaban J connectivity index is 1.56. The molecule has 0 aromatic heterocycles. The third-order valence-electron chi connectivity index (χ3n) is 3.31. The molecule has 1 fully saturated rings. The van der Waals surface area contributed by atoms with Crippen molar-refractivity contribution in [3.05, 3.63) is 30.3 Å². The summed E-state index contributed by atoms with van der Waals surface area (Å²) in [6, 6.07) is 10.3. The van der Waals surface area contributed by atoms with Crippen LogP contribution in [0, 0.1) is 0 Å². The van der Waals surface area contributed by atoms with Gasteiger partial charge < -0.3 is 10.6 Å². The van der Waals surface area contributed by atoms with Crippen molar-refractivity contribution in [1.82, 2.24) is 5.32 Å². The molecule has 1 saturated heterocycles. The first-order chi connectivity index (χ1) is 9.34. The Hall–Kier alpha value is -1.00. The monoisotopic (exact) mass is 278 g/mol. The second kappa shape index (κ2) is 8.23. The third kappa shape index (κ3) is 5.66. The predicted octanol–water partition coefficient (Wildman–Crippen LogP) is 2.89. The van der Waals surface area contributed by atoms with E-state index < -0.39 is 0 Å². The van der Waals surface area contributed by atoms with E-state index in [1.165, 1.54) is 25.7 Å². The molecule has 1 aromatic rings. The van der Waals surface area contributed by atoms with Crippen LogP contribution in [-0.4, -0.2) is 30.0 Å². The Morgan fingerprint density at radius 3 is 2.89 bits per heavy atom. The van der Waals surface area contributed by atoms with E-state index in [4.69, 9.17) is 0 Å². The number of thioether (sulfide) groups is 1. The number of carbonyl (C=O) groups is 1. The van der Waals surface area contributed by atoms with E-state index in [-0.39, 0.29) is 5.91 Å². The highest BCUT2D eigenvalue weighted by atomic mass is 32.2. The Bertz CT molecular complexity index is 377. The smallest absolute Gasteiger partial charge is 0.234 e. The molecule has 1 amide bonds. The minimum atomic E-state index is 0.0906. The van der Waals surface area contributed by atoms with Crippen LogP contribution in [0.1, 0.15) is 25.7 Å². The van der Waals surface area contributed by atoms with Crippen molar-refractivity contribution in [3.63, 3.8) is 0 Å². The average molecular weight is 278 g/mol. The molecular weight excluding hydrogens is 256 g/mol. The van der Waals surface area contributed by atoms with Crippen molar-refractivity contribution >= 4 is 23.4 Å². The van der Waals surface area contributed by atoms with Gasteiger partial charge in [0, 0.05) is 11.7 Å². The van der Waals surface area contributed by atoms with Crippen LogP contribution in [0.2, 0.25) is 0 Å². The van der Waals surface area contributed by atoms with Gasteiger partial charge in [-0.05, 0) is 43.7 Å². The number of para-hydroxylation sites is 1. The van der Waals surface area contributed by atoms with Gasteiger partial charge in [0.2, 0.25) is 5.91 Å². The average Bonchev–Trinajstić information content (AvgIpc) is 2.46. The van der Waals surface area contributed by atoms with Crippen LogP contribution in [0.5, 0.6) is 0 Å². The number of piperidine rings is 1. The van der Waals surface area contributed by atoms with Gasteiger partial charge in [0.05, 0.1) is 5.75 Å². The van der Waals surface area contributed by atoms with Gasteiger partial charge in [-0.25, -0.2) is 0 Å². The molecule has 2 N–H and O–H groups in total. The van der Waals surface area contributed by atoms with Crippen LogP contribution in [0.15, 0.2) is 30.3 Å². The Morgan fingerprint density at radius 1 is 1.32 bits per heavy atom. The summed E-state index contributed by atoms with van der Waals surface area (Å²) in [4.78, 5) is 11.7. The standard InChI is InChI=1S/C15H22N2OS/c18-15(17-14-7-2-1-3-8-14)12-19-11-9-13-6-4-5-10-16-13/h1-3,7-8,13,16H,4-6,9-12H2,(H,17,18). The molecule has 104 valence electrons. The summed E-state index contributed by atoms with van der Waals surface area (Å²) in [5.74, 6) is 1.69. The maximum absolute atomic E-state index is 11.7. The molecule has 0 bridgehead atoms. The van der Waals surface area contributed by atoms with Gasteiger partial charge in [-0.3, -0.25) is 4.79 Å². The number of nitrogens with one attached hydrogen (secondary N) is 2. The van der Waals surface area contributed by atoms with E-state index in [0.29, 0.717) is 11.8 Å². The molecule has 1 unspecified atom stereocenters. The summed E-state index contributed by atoms with van der Waals surface area (Å²) in [7, 11) is 0. The maximum Gasteiger partial charge on any atom is 0.234 e. The molecule has 0 aliphatic carbocycles. The predicted molar refractivity (Wildman–Crippen MR) is 82.7 cm³/mol. The van der Waals surface area contributed by atoms with E-state index in [1.807, 2.05) is 30.3 Å². The number of amides is 1. The molecule has 1 aromatic carbocycles. The first kappa shape index (κ1) is 14.4. The lowest BCUT2D eigenvalue weighted by atomic mass is 10.0. The van der Waals surface area contributed by atoms with Crippen LogP contribution in [0.4, 0.5) is 5.69 Å². The quantitative estimate of drug-likeness (QED) is 0.786. The minimum absolute atomic E-state index is 0.0906. The number of benzene rings is 1. The first-order valence-electron chi connectivity index (χ1n) is 7.00. The molecule has 1 aliphatic rings. The highest BCUT2D eigenvalue weighted by Crippen LogP contribution is 2.14. The summed E-state index contributed by atoms with van der Waals surface area (Å²) in [5, 5.41) is 6.44. The lowest BCUT2D eigenvalue weighted by molar-refractivity contribution is -0.113. The van der Waals surface area contributed by atoms with Crippen LogP contribution in [-0.2, 0) is 4.79 Å². The van der Waals surface area contributed by atoms with Crippen molar-refractivity contribution in [1.29, 1.82) is 0 Å². The fourth-order valence-electron chi connectivity index (χ4n) is 2.28. The molecule has 1 atom stereocenters. The Kier molecular flexibility index (Phi) is 6.24. The van der Waals surface area contributed by atoms with Gasteiger partial charge in [-0.1, -0.05) is 24.6 Å². The molecule has 4 heteroatoms. The van der Waals surface area contributed by atoms with Crippen molar-refractivity contribution < 1.29 is 4.79 Å². The second-order valence-corrected chi connectivity index (χ2v) is 6.01. The summed E-state index contributed by atoms with van der Waals surface area (Å²) < 4.78 is 0. The van der Waals surface area contributed by atoms with Crippen LogP contribution in [0.25, 0.3) is 0 Å². The zero-order valence-electron chi connectivity index (χ0n) is 11.2. The van der Waals surface area contributed by atoms with Crippen LogP contribution >= 0.6 is 11.8 Å². The Labute approximate surface area is 119 Å². The largest absolute Gasteiger partial charge is 0.325 e. The molecule has 19 heavy (non-hydrogen) atoms. The molecule has 1 heterocycles. The van der Waals surface area contributed by atoms with Crippen molar-refractivity contribution in [2.75, 3.05) is 23.4 Å². The normalized spacial score (nSPS) is 19.1. The van der Waals surface area contributed by atoms with E-state index in [9.17, 15) is 4.79 Å². The zero-order valence-corrected chi connectivity index (χ0v) is 12.0. The fourth-order valence-corrected chi connectivity index (χ4v) is 3.13. The third-order valence-corrected chi connectivity index (χ3v) is 4.30. The maximum atomic E-state index is 11.7. The minimum Gasteiger partial charge on any atom is -0.325 e. The zero-order chi connectivity index (χ0) is 13.3. The van der Waals surface area contributed by atoms with Crippen molar-refractivity contribution in [2.24, 2.45) is 0 Å². The second-order valence-electron chi connectivity index (χ2n) is 4.90. The van der Waals surface area contributed by atoms with Gasteiger partial charge in [0.15, 0.2) is 0 Å². The van der Waals surface area contributed by atoms with E-state index in [2.05, 4.69) is 10.6 Å². The van der Waals surface area contributed by atoms with Gasteiger partial charge in [0.1, 0.15) is 0 Å². The molecule has 3 nitrogen and oxygen atoms in total. The molecule has 0 radical (unpaired) electrons. The van der Waals surface area contributed by atoms with E-state index >= 15 is 0 Å².